The van der Waals surface area contributed by atoms with Crippen molar-refractivity contribution in [3.05, 3.63) is 23.3 Å². The van der Waals surface area contributed by atoms with Crippen molar-refractivity contribution >= 4 is 11.5 Å². The van der Waals surface area contributed by atoms with Gasteiger partial charge >= 0.3 is 0 Å². The molecule has 1 aliphatic carbocycles. The number of fused-ring (bicyclic) bond motifs is 1. The predicted molar refractivity (Wildman–Crippen MR) is 56.8 cm³/mol. The van der Waals surface area contributed by atoms with E-state index in [1.165, 1.54) is 14.2 Å². The third-order valence-corrected chi connectivity index (χ3v) is 2.59. The summed E-state index contributed by atoms with van der Waals surface area (Å²) in [5, 5.41) is 11.6. The second kappa shape index (κ2) is 3.84. The van der Waals surface area contributed by atoms with Crippen LogP contribution in [0.1, 0.15) is 15.9 Å². The lowest BCUT2D eigenvalue weighted by Gasteiger charge is -2.08. The predicted octanol–water partition coefficient (Wildman–Crippen LogP) is 1.27. The van der Waals surface area contributed by atoms with Gasteiger partial charge in [0.15, 0.2) is 11.5 Å². The summed E-state index contributed by atoms with van der Waals surface area (Å²) < 4.78 is 10.2. The molecule has 0 saturated carbocycles. The van der Waals surface area contributed by atoms with Crippen LogP contribution in [0.2, 0.25) is 0 Å². The molecule has 16 heavy (non-hydrogen) atoms. The first-order chi connectivity index (χ1) is 7.71. The van der Waals surface area contributed by atoms with E-state index < -0.39 is 0 Å². The van der Waals surface area contributed by atoms with Crippen LogP contribution < -0.4 is 9.47 Å². The fraction of sp³-hybridized carbons (Fsp3) is 0.273. The van der Waals surface area contributed by atoms with Crippen LogP contribution in [0.3, 0.4) is 0 Å². The minimum atomic E-state index is -0.265. The number of methoxy groups -OCH3 is 2. The van der Waals surface area contributed by atoms with Crippen molar-refractivity contribution in [2.24, 2.45) is 5.16 Å². The summed E-state index contributed by atoms with van der Waals surface area (Å²) in [6, 6.07) is 3.33. The van der Waals surface area contributed by atoms with Gasteiger partial charge in [-0.1, -0.05) is 5.16 Å². The van der Waals surface area contributed by atoms with Gasteiger partial charge in [0.05, 0.1) is 14.2 Å². The molecule has 5 heteroatoms. The first-order valence-corrected chi connectivity index (χ1v) is 4.71. The molecular weight excluding hydrogens is 210 g/mol. The highest BCUT2D eigenvalue weighted by atomic mass is 16.5. The van der Waals surface area contributed by atoms with E-state index in [-0.39, 0.29) is 11.5 Å². The molecule has 0 heterocycles. The third kappa shape index (κ3) is 1.41. The summed E-state index contributed by atoms with van der Waals surface area (Å²) in [5.74, 6) is 0.792. The molecule has 0 radical (unpaired) electrons. The SMILES string of the molecule is COc1cc2c(cc1OC)C(=O)C(=NO)C2. The van der Waals surface area contributed by atoms with Crippen LogP contribution in [0.15, 0.2) is 17.3 Å². The third-order valence-electron chi connectivity index (χ3n) is 2.59. The Hall–Kier alpha value is -2.04. The number of benzene rings is 1. The van der Waals surface area contributed by atoms with Gasteiger partial charge in [0, 0.05) is 12.0 Å². The summed E-state index contributed by atoms with van der Waals surface area (Å²) in [5.41, 5.74) is 1.44. The van der Waals surface area contributed by atoms with Crippen LogP contribution in [-0.2, 0) is 6.42 Å². The smallest absolute Gasteiger partial charge is 0.211 e. The number of hydrogen-bond acceptors (Lipinski definition) is 5. The molecule has 0 fully saturated rings. The monoisotopic (exact) mass is 221 g/mol. The van der Waals surface area contributed by atoms with Gasteiger partial charge in [0.1, 0.15) is 5.71 Å². The molecule has 0 amide bonds. The van der Waals surface area contributed by atoms with E-state index >= 15 is 0 Å². The lowest BCUT2D eigenvalue weighted by atomic mass is 10.1. The highest BCUT2D eigenvalue weighted by Crippen LogP contribution is 2.33. The van der Waals surface area contributed by atoms with Crippen molar-refractivity contribution in [2.75, 3.05) is 14.2 Å². The molecule has 1 N–H and O–H groups in total. The van der Waals surface area contributed by atoms with Crippen LogP contribution in [0.4, 0.5) is 0 Å². The molecular formula is C11H11NO4. The van der Waals surface area contributed by atoms with E-state index in [4.69, 9.17) is 14.7 Å². The average Bonchev–Trinajstić information content (AvgIpc) is 2.63. The van der Waals surface area contributed by atoms with Gasteiger partial charge in [-0.15, -0.1) is 0 Å². The summed E-state index contributed by atoms with van der Waals surface area (Å²) in [6.45, 7) is 0. The molecule has 1 aliphatic rings. The molecule has 0 unspecified atom stereocenters. The molecule has 84 valence electrons. The first-order valence-electron chi connectivity index (χ1n) is 4.71. The zero-order valence-electron chi connectivity index (χ0n) is 8.98. The average molecular weight is 221 g/mol. The maximum Gasteiger partial charge on any atom is 0.211 e. The first kappa shape index (κ1) is 10.5. The van der Waals surface area contributed by atoms with Crippen LogP contribution in [0, 0.1) is 0 Å². The normalized spacial score (nSPS) is 16.4. The number of Topliss-reactive ketones (excluding diaryl/α,β-unsaturated/α-hetero) is 1. The Labute approximate surface area is 92.3 Å². The second-order valence-corrected chi connectivity index (χ2v) is 3.42. The van der Waals surface area contributed by atoms with Crippen LogP contribution in [0.5, 0.6) is 11.5 Å². The van der Waals surface area contributed by atoms with Gasteiger partial charge in [-0.3, -0.25) is 4.79 Å². The standard InChI is InChI=1S/C11H11NO4/c1-15-9-4-6-3-8(12-14)11(13)7(6)5-10(9)16-2/h4-5,14H,3H2,1-2H3. The van der Waals surface area contributed by atoms with E-state index in [0.29, 0.717) is 23.5 Å². The van der Waals surface area contributed by atoms with E-state index in [1.807, 2.05) is 0 Å². The maximum absolute atomic E-state index is 11.7. The summed E-state index contributed by atoms with van der Waals surface area (Å²) in [7, 11) is 3.03. The van der Waals surface area contributed by atoms with Crippen molar-refractivity contribution in [3.63, 3.8) is 0 Å². The van der Waals surface area contributed by atoms with Gasteiger partial charge < -0.3 is 14.7 Å². The molecule has 0 spiro atoms. The fourth-order valence-corrected chi connectivity index (χ4v) is 1.78. The number of ether oxygens (including phenoxy) is 2. The number of oxime groups is 1. The Kier molecular flexibility index (Phi) is 2.52. The molecule has 5 nitrogen and oxygen atoms in total. The zero-order chi connectivity index (χ0) is 11.7. The molecule has 0 bridgehead atoms. The molecule has 0 aromatic heterocycles. The Balaban J connectivity index is 2.55. The van der Waals surface area contributed by atoms with Crippen molar-refractivity contribution in [3.8, 4) is 11.5 Å². The van der Waals surface area contributed by atoms with Gasteiger partial charge in [-0.25, -0.2) is 0 Å². The fourth-order valence-electron chi connectivity index (χ4n) is 1.78. The quantitative estimate of drug-likeness (QED) is 0.603. The summed E-state index contributed by atoms with van der Waals surface area (Å²) in [6.07, 6.45) is 0.324. The highest BCUT2D eigenvalue weighted by molar-refractivity contribution is 6.49. The minimum absolute atomic E-state index is 0.144. The van der Waals surface area contributed by atoms with Crippen LogP contribution >= 0.6 is 0 Å². The maximum atomic E-state index is 11.7. The van der Waals surface area contributed by atoms with Crippen molar-refractivity contribution in [1.82, 2.24) is 0 Å². The minimum Gasteiger partial charge on any atom is -0.493 e. The Morgan fingerprint density at radius 3 is 2.44 bits per heavy atom. The number of hydrogen-bond donors (Lipinski definition) is 1. The Bertz CT molecular complexity index is 479. The molecule has 1 aromatic rings. The van der Waals surface area contributed by atoms with Crippen LogP contribution in [-0.4, -0.2) is 30.9 Å². The molecule has 2 rings (SSSR count). The topological polar surface area (TPSA) is 68.1 Å². The zero-order valence-corrected chi connectivity index (χ0v) is 8.98. The summed E-state index contributed by atoms with van der Waals surface area (Å²) in [4.78, 5) is 11.7. The van der Waals surface area contributed by atoms with Gasteiger partial charge in [-0.2, -0.15) is 0 Å². The lowest BCUT2D eigenvalue weighted by molar-refractivity contribution is 0.106. The van der Waals surface area contributed by atoms with Crippen molar-refractivity contribution in [2.45, 2.75) is 6.42 Å². The molecule has 0 aliphatic heterocycles. The molecule has 0 atom stereocenters. The van der Waals surface area contributed by atoms with E-state index in [9.17, 15) is 4.79 Å². The van der Waals surface area contributed by atoms with Gasteiger partial charge in [0.2, 0.25) is 5.78 Å². The largest absolute Gasteiger partial charge is 0.493 e. The number of rotatable bonds is 2. The van der Waals surface area contributed by atoms with E-state index in [1.54, 1.807) is 12.1 Å². The molecule has 0 saturated heterocycles. The van der Waals surface area contributed by atoms with Crippen molar-refractivity contribution in [1.29, 1.82) is 0 Å². The van der Waals surface area contributed by atoms with E-state index in [0.717, 1.165) is 5.56 Å². The van der Waals surface area contributed by atoms with Gasteiger partial charge in [-0.05, 0) is 17.7 Å². The number of nitrogens with zero attached hydrogens (tertiary/aromatic N) is 1. The van der Waals surface area contributed by atoms with Crippen LogP contribution in [0.25, 0.3) is 0 Å². The number of ketones is 1. The highest BCUT2D eigenvalue weighted by Gasteiger charge is 2.28. The Morgan fingerprint density at radius 1 is 1.25 bits per heavy atom. The number of carbonyl (C=O) groups excluding carboxylic acids is 1. The molecule has 1 aromatic carbocycles. The second-order valence-electron chi connectivity index (χ2n) is 3.42. The number of carbonyl (C=O) groups is 1. The van der Waals surface area contributed by atoms with E-state index in [2.05, 4.69) is 5.16 Å². The van der Waals surface area contributed by atoms with Crippen molar-refractivity contribution < 1.29 is 19.5 Å². The summed E-state index contributed by atoms with van der Waals surface area (Å²) >= 11 is 0. The lowest BCUT2D eigenvalue weighted by Crippen LogP contribution is -2.07. The van der Waals surface area contributed by atoms with Gasteiger partial charge in [0.25, 0.3) is 0 Å². The Morgan fingerprint density at radius 2 is 1.88 bits per heavy atom.